The first-order valence-corrected chi connectivity index (χ1v) is 6.85. The number of hydrogen-bond acceptors (Lipinski definition) is 2. The lowest BCUT2D eigenvalue weighted by molar-refractivity contribution is 0.141. The summed E-state index contributed by atoms with van der Waals surface area (Å²) in [6.45, 7) is 5.52. The van der Waals surface area contributed by atoms with Crippen molar-refractivity contribution < 1.29 is 4.39 Å². The van der Waals surface area contributed by atoms with Gasteiger partial charge < -0.3 is 5.32 Å². The van der Waals surface area contributed by atoms with E-state index in [1.807, 2.05) is 13.1 Å². The third-order valence-corrected chi connectivity index (χ3v) is 4.02. The van der Waals surface area contributed by atoms with E-state index >= 15 is 0 Å². The molecule has 1 atom stereocenters. The van der Waals surface area contributed by atoms with Crippen LogP contribution in [0.15, 0.2) is 24.3 Å². The summed E-state index contributed by atoms with van der Waals surface area (Å²) in [6, 6.07) is 7.30. The molecule has 0 aliphatic carbocycles. The highest BCUT2D eigenvalue weighted by Gasteiger charge is 2.23. The number of likely N-dealkylation sites (tertiary alicyclic amines) is 1. The minimum Gasteiger partial charge on any atom is -0.319 e. The van der Waals surface area contributed by atoms with Gasteiger partial charge in [0.05, 0.1) is 0 Å². The van der Waals surface area contributed by atoms with Gasteiger partial charge in [-0.1, -0.05) is 12.1 Å². The van der Waals surface area contributed by atoms with E-state index in [9.17, 15) is 4.39 Å². The van der Waals surface area contributed by atoms with Crippen molar-refractivity contribution in [3.05, 3.63) is 35.6 Å². The van der Waals surface area contributed by atoms with Gasteiger partial charge >= 0.3 is 0 Å². The van der Waals surface area contributed by atoms with Gasteiger partial charge in [-0.3, -0.25) is 4.90 Å². The largest absolute Gasteiger partial charge is 0.319 e. The van der Waals surface area contributed by atoms with Gasteiger partial charge in [-0.2, -0.15) is 0 Å². The number of nitrogens with one attached hydrogen (secondary N) is 1. The summed E-state index contributed by atoms with van der Waals surface area (Å²) in [4.78, 5) is 2.46. The molecule has 0 saturated carbocycles. The summed E-state index contributed by atoms with van der Waals surface area (Å²) in [5, 5.41) is 3.25. The molecule has 3 heteroatoms. The Kier molecular flexibility index (Phi) is 4.72. The Labute approximate surface area is 109 Å². The Bertz CT molecular complexity index is 373. The Balaban J connectivity index is 1.93. The van der Waals surface area contributed by atoms with Gasteiger partial charge in [0, 0.05) is 6.04 Å². The van der Waals surface area contributed by atoms with Gasteiger partial charge in [0.2, 0.25) is 0 Å². The maximum absolute atomic E-state index is 13.2. The van der Waals surface area contributed by atoms with Crippen molar-refractivity contribution in [2.75, 3.05) is 26.7 Å². The van der Waals surface area contributed by atoms with Gasteiger partial charge in [-0.05, 0) is 70.1 Å². The monoisotopic (exact) mass is 250 g/mol. The van der Waals surface area contributed by atoms with Crippen LogP contribution in [0.1, 0.15) is 31.4 Å². The molecular formula is C15H23FN2. The molecule has 0 radical (unpaired) electrons. The SMILES string of the molecule is CNCC1CCN(C(C)c2cccc(F)c2)CC1. The minimum absolute atomic E-state index is 0.135. The fourth-order valence-corrected chi connectivity index (χ4v) is 2.81. The zero-order chi connectivity index (χ0) is 13.0. The molecule has 1 aromatic carbocycles. The molecule has 1 N–H and O–H groups in total. The average molecular weight is 250 g/mol. The van der Waals surface area contributed by atoms with Crippen LogP contribution < -0.4 is 5.32 Å². The summed E-state index contributed by atoms with van der Waals surface area (Å²) in [5.74, 6) is 0.662. The van der Waals surface area contributed by atoms with E-state index in [-0.39, 0.29) is 5.82 Å². The van der Waals surface area contributed by atoms with Crippen molar-refractivity contribution in [3.8, 4) is 0 Å². The predicted molar refractivity (Wildman–Crippen MR) is 73.0 cm³/mol. The van der Waals surface area contributed by atoms with Crippen LogP contribution in [0.4, 0.5) is 4.39 Å². The normalized spacial score (nSPS) is 19.9. The van der Waals surface area contributed by atoms with E-state index in [0.717, 1.165) is 31.1 Å². The molecule has 1 saturated heterocycles. The smallest absolute Gasteiger partial charge is 0.123 e. The van der Waals surface area contributed by atoms with Crippen molar-refractivity contribution in [2.24, 2.45) is 5.92 Å². The first kappa shape index (κ1) is 13.5. The lowest BCUT2D eigenvalue weighted by atomic mass is 9.94. The van der Waals surface area contributed by atoms with Crippen molar-refractivity contribution in [2.45, 2.75) is 25.8 Å². The molecule has 100 valence electrons. The Morgan fingerprint density at radius 1 is 1.39 bits per heavy atom. The fourth-order valence-electron chi connectivity index (χ4n) is 2.81. The Hall–Kier alpha value is -0.930. The number of hydrogen-bond donors (Lipinski definition) is 1. The third kappa shape index (κ3) is 3.30. The summed E-state index contributed by atoms with van der Waals surface area (Å²) < 4.78 is 13.2. The number of piperidine rings is 1. The molecule has 1 aromatic rings. The molecule has 0 spiro atoms. The van der Waals surface area contributed by atoms with Gasteiger partial charge in [0.1, 0.15) is 5.82 Å². The molecule has 1 heterocycles. The predicted octanol–water partition coefficient (Wildman–Crippen LogP) is 2.82. The number of rotatable bonds is 4. The van der Waals surface area contributed by atoms with Crippen LogP contribution in [0, 0.1) is 11.7 Å². The highest BCUT2D eigenvalue weighted by molar-refractivity contribution is 5.19. The molecule has 18 heavy (non-hydrogen) atoms. The van der Waals surface area contributed by atoms with Crippen LogP contribution >= 0.6 is 0 Å². The van der Waals surface area contributed by atoms with Crippen molar-refractivity contribution in [3.63, 3.8) is 0 Å². The van der Waals surface area contributed by atoms with E-state index in [4.69, 9.17) is 0 Å². The lowest BCUT2D eigenvalue weighted by Crippen LogP contribution is -2.38. The average Bonchev–Trinajstić information content (AvgIpc) is 2.39. The Morgan fingerprint density at radius 3 is 2.72 bits per heavy atom. The van der Waals surface area contributed by atoms with Crippen LogP contribution in [0.2, 0.25) is 0 Å². The standard InChI is InChI=1S/C15H23FN2/c1-12(14-4-3-5-15(16)10-14)18-8-6-13(7-9-18)11-17-2/h3-5,10,12-13,17H,6-9,11H2,1-2H3. The molecule has 2 nitrogen and oxygen atoms in total. The lowest BCUT2D eigenvalue weighted by Gasteiger charge is -2.36. The first-order valence-electron chi connectivity index (χ1n) is 6.85. The maximum Gasteiger partial charge on any atom is 0.123 e. The molecule has 0 bridgehead atoms. The van der Waals surface area contributed by atoms with Crippen LogP contribution in [-0.4, -0.2) is 31.6 Å². The van der Waals surface area contributed by atoms with Gasteiger partial charge in [-0.15, -0.1) is 0 Å². The van der Waals surface area contributed by atoms with Crippen LogP contribution in [0.25, 0.3) is 0 Å². The zero-order valence-electron chi connectivity index (χ0n) is 11.3. The van der Waals surface area contributed by atoms with Gasteiger partial charge in [0.15, 0.2) is 0 Å². The van der Waals surface area contributed by atoms with Crippen LogP contribution in [-0.2, 0) is 0 Å². The Morgan fingerprint density at radius 2 is 2.11 bits per heavy atom. The second kappa shape index (κ2) is 6.30. The van der Waals surface area contributed by atoms with Gasteiger partial charge in [0.25, 0.3) is 0 Å². The topological polar surface area (TPSA) is 15.3 Å². The molecule has 0 amide bonds. The summed E-state index contributed by atoms with van der Waals surface area (Å²) in [6.07, 6.45) is 2.47. The molecule has 1 aliphatic heterocycles. The maximum atomic E-state index is 13.2. The van der Waals surface area contributed by atoms with Crippen LogP contribution in [0.5, 0.6) is 0 Å². The van der Waals surface area contributed by atoms with E-state index in [2.05, 4.69) is 17.1 Å². The highest BCUT2D eigenvalue weighted by atomic mass is 19.1. The van der Waals surface area contributed by atoms with Crippen molar-refractivity contribution in [1.82, 2.24) is 10.2 Å². The molecule has 1 aliphatic rings. The number of nitrogens with zero attached hydrogens (tertiary/aromatic N) is 1. The highest BCUT2D eigenvalue weighted by Crippen LogP contribution is 2.26. The number of halogens is 1. The second-order valence-corrected chi connectivity index (χ2v) is 5.27. The van der Waals surface area contributed by atoms with Crippen molar-refractivity contribution in [1.29, 1.82) is 0 Å². The zero-order valence-corrected chi connectivity index (χ0v) is 11.3. The van der Waals surface area contributed by atoms with E-state index in [1.54, 1.807) is 12.1 Å². The van der Waals surface area contributed by atoms with E-state index in [1.165, 1.54) is 18.9 Å². The minimum atomic E-state index is -0.135. The summed E-state index contributed by atoms with van der Waals surface area (Å²) >= 11 is 0. The molecule has 1 fully saturated rings. The molecular weight excluding hydrogens is 227 g/mol. The quantitative estimate of drug-likeness (QED) is 0.884. The number of benzene rings is 1. The first-order chi connectivity index (χ1) is 8.70. The van der Waals surface area contributed by atoms with E-state index < -0.39 is 0 Å². The summed E-state index contributed by atoms with van der Waals surface area (Å²) in [7, 11) is 2.02. The van der Waals surface area contributed by atoms with E-state index in [0.29, 0.717) is 6.04 Å². The molecule has 0 aromatic heterocycles. The van der Waals surface area contributed by atoms with Crippen LogP contribution in [0.3, 0.4) is 0 Å². The molecule has 1 unspecified atom stereocenters. The summed E-state index contributed by atoms with van der Waals surface area (Å²) in [5.41, 5.74) is 1.09. The van der Waals surface area contributed by atoms with Gasteiger partial charge in [-0.25, -0.2) is 4.39 Å². The molecule has 2 rings (SSSR count). The fraction of sp³-hybridized carbons (Fsp3) is 0.600. The third-order valence-electron chi connectivity index (χ3n) is 4.02. The van der Waals surface area contributed by atoms with Crippen molar-refractivity contribution >= 4 is 0 Å². The second-order valence-electron chi connectivity index (χ2n) is 5.27.